The Bertz CT molecular complexity index is 440. The van der Waals surface area contributed by atoms with Crippen molar-refractivity contribution in [3.63, 3.8) is 0 Å². The summed E-state index contributed by atoms with van der Waals surface area (Å²) in [5, 5.41) is 0. The number of hydrogen-bond acceptors (Lipinski definition) is 2. The number of nitrogens with zero attached hydrogens (tertiary/aromatic N) is 1. The highest BCUT2D eigenvalue weighted by Crippen LogP contribution is 2.27. The Labute approximate surface area is 86.9 Å². The molecule has 0 fully saturated rings. The molecule has 1 aromatic carbocycles. The second-order valence-corrected chi connectivity index (χ2v) is 3.02. The molecule has 1 aromatic heterocycles. The Hall–Kier alpha value is -1.84. The van der Waals surface area contributed by atoms with E-state index >= 15 is 0 Å². The number of aromatic nitrogens is 2. The van der Waals surface area contributed by atoms with Gasteiger partial charge in [0.15, 0.2) is 11.6 Å². The van der Waals surface area contributed by atoms with Crippen LogP contribution in [0.2, 0.25) is 0 Å². The average molecular weight is 206 g/mol. The van der Waals surface area contributed by atoms with Crippen molar-refractivity contribution in [2.45, 2.75) is 6.92 Å². The lowest BCUT2D eigenvalue weighted by atomic mass is 10.1. The smallest absolute Gasteiger partial charge is 0.174 e. The van der Waals surface area contributed by atoms with E-state index in [0.717, 1.165) is 0 Å². The van der Waals surface area contributed by atoms with E-state index in [1.54, 1.807) is 24.4 Å². The van der Waals surface area contributed by atoms with Gasteiger partial charge >= 0.3 is 0 Å². The maximum atomic E-state index is 13.9. The number of nitrogens with one attached hydrogen (secondary N) is 1. The molecule has 1 N–H and O–H groups in total. The molecule has 0 saturated heterocycles. The molecule has 0 amide bonds. The predicted octanol–water partition coefficient (Wildman–Crippen LogP) is 2.61. The summed E-state index contributed by atoms with van der Waals surface area (Å²) in [5.74, 6) is -0.0896. The van der Waals surface area contributed by atoms with Gasteiger partial charge in [-0.3, -0.25) is 0 Å². The van der Waals surface area contributed by atoms with Crippen LogP contribution in [0.1, 0.15) is 6.92 Å². The molecule has 0 aliphatic heterocycles. The second kappa shape index (κ2) is 4.13. The van der Waals surface area contributed by atoms with Crippen molar-refractivity contribution in [2.75, 3.05) is 6.61 Å². The third-order valence-electron chi connectivity index (χ3n) is 2.05. The Morgan fingerprint density at radius 1 is 1.47 bits per heavy atom. The third-order valence-corrected chi connectivity index (χ3v) is 2.05. The molecule has 2 rings (SSSR count). The van der Waals surface area contributed by atoms with Crippen molar-refractivity contribution in [1.82, 2.24) is 9.97 Å². The summed E-state index contributed by atoms with van der Waals surface area (Å²) in [6, 6.07) is 5.05. The first-order chi connectivity index (χ1) is 7.33. The summed E-state index contributed by atoms with van der Waals surface area (Å²) >= 11 is 0. The van der Waals surface area contributed by atoms with Gasteiger partial charge in [-0.25, -0.2) is 9.37 Å². The van der Waals surface area contributed by atoms with Gasteiger partial charge < -0.3 is 9.72 Å². The first-order valence-electron chi connectivity index (χ1n) is 4.73. The van der Waals surface area contributed by atoms with E-state index in [1.807, 2.05) is 6.92 Å². The Morgan fingerprint density at radius 2 is 2.33 bits per heavy atom. The van der Waals surface area contributed by atoms with Crippen molar-refractivity contribution < 1.29 is 9.13 Å². The zero-order valence-electron chi connectivity index (χ0n) is 8.33. The molecule has 0 bridgehead atoms. The predicted molar refractivity (Wildman–Crippen MR) is 55.2 cm³/mol. The van der Waals surface area contributed by atoms with E-state index in [4.69, 9.17) is 4.74 Å². The zero-order chi connectivity index (χ0) is 10.7. The molecule has 4 heteroatoms. The Morgan fingerprint density at radius 3 is 3.00 bits per heavy atom. The van der Waals surface area contributed by atoms with Gasteiger partial charge in [0, 0.05) is 5.56 Å². The van der Waals surface area contributed by atoms with Crippen LogP contribution in [0.4, 0.5) is 4.39 Å². The largest absolute Gasteiger partial charge is 0.491 e. The highest BCUT2D eigenvalue weighted by Gasteiger charge is 2.10. The maximum Gasteiger partial charge on any atom is 0.174 e. The molecule has 1 heterocycles. The molecule has 0 aliphatic rings. The standard InChI is InChI=1S/C11H11FN2O/c1-2-15-10-5-3-4-8(11(10)12)9-6-13-7-14-9/h3-7H,2H2,1H3,(H,13,14). The number of imidazole rings is 1. The minimum Gasteiger partial charge on any atom is -0.491 e. The second-order valence-electron chi connectivity index (χ2n) is 3.02. The van der Waals surface area contributed by atoms with E-state index in [0.29, 0.717) is 17.9 Å². The molecule has 0 saturated carbocycles. The van der Waals surface area contributed by atoms with Crippen molar-refractivity contribution in [3.8, 4) is 17.0 Å². The number of rotatable bonds is 3. The maximum absolute atomic E-state index is 13.9. The molecule has 15 heavy (non-hydrogen) atoms. The SMILES string of the molecule is CCOc1cccc(-c2cnc[nH]2)c1F. The Balaban J connectivity index is 2.45. The summed E-state index contributed by atoms with van der Waals surface area (Å²) in [7, 11) is 0. The fraction of sp³-hybridized carbons (Fsp3) is 0.182. The van der Waals surface area contributed by atoms with Crippen molar-refractivity contribution in [1.29, 1.82) is 0 Å². The molecular weight excluding hydrogens is 195 g/mol. The molecular formula is C11H11FN2O. The number of aromatic amines is 1. The number of halogens is 1. The normalized spacial score (nSPS) is 10.3. The highest BCUT2D eigenvalue weighted by molar-refractivity contribution is 5.61. The molecule has 78 valence electrons. The summed E-state index contributed by atoms with van der Waals surface area (Å²) < 4.78 is 19.0. The average Bonchev–Trinajstić information content (AvgIpc) is 2.74. The van der Waals surface area contributed by atoms with Crippen LogP contribution in [-0.2, 0) is 0 Å². The van der Waals surface area contributed by atoms with E-state index in [1.165, 1.54) is 6.33 Å². The topological polar surface area (TPSA) is 37.9 Å². The summed E-state index contributed by atoms with van der Waals surface area (Å²) in [4.78, 5) is 6.71. The van der Waals surface area contributed by atoms with Crippen molar-refractivity contribution >= 4 is 0 Å². The minimum absolute atomic E-state index is 0.268. The monoisotopic (exact) mass is 206 g/mol. The van der Waals surface area contributed by atoms with Crippen LogP contribution in [0.25, 0.3) is 11.3 Å². The Kier molecular flexibility index (Phi) is 2.67. The van der Waals surface area contributed by atoms with Crippen LogP contribution < -0.4 is 4.74 Å². The minimum atomic E-state index is -0.358. The first-order valence-corrected chi connectivity index (χ1v) is 4.73. The van der Waals surface area contributed by atoms with E-state index < -0.39 is 0 Å². The van der Waals surface area contributed by atoms with Gasteiger partial charge in [0.25, 0.3) is 0 Å². The van der Waals surface area contributed by atoms with Crippen LogP contribution >= 0.6 is 0 Å². The lowest BCUT2D eigenvalue weighted by molar-refractivity contribution is 0.322. The van der Waals surface area contributed by atoms with Crippen LogP contribution in [0, 0.1) is 5.82 Å². The quantitative estimate of drug-likeness (QED) is 0.838. The first kappa shape index (κ1) is 9.71. The summed E-state index contributed by atoms with van der Waals surface area (Å²) in [6.07, 6.45) is 3.09. The van der Waals surface area contributed by atoms with Gasteiger partial charge in [-0.2, -0.15) is 0 Å². The zero-order valence-corrected chi connectivity index (χ0v) is 8.33. The number of benzene rings is 1. The molecule has 0 atom stereocenters. The number of H-pyrrole nitrogens is 1. The van der Waals surface area contributed by atoms with E-state index in [2.05, 4.69) is 9.97 Å². The third kappa shape index (κ3) is 1.83. The molecule has 0 aliphatic carbocycles. The van der Waals surface area contributed by atoms with Gasteiger partial charge in [0.05, 0.1) is 24.8 Å². The van der Waals surface area contributed by atoms with Crippen molar-refractivity contribution in [3.05, 3.63) is 36.5 Å². The fourth-order valence-electron chi connectivity index (χ4n) is 1.39. The fourth-order valence-corrected chi connectivity index (χ4v) is 1.39. The van der Waals surface area contributed by atoms with E-state index in [-0.39, 0.29) is 11.6 Å². The molecule has 0 spiro atoms. The molecule has 0 unspecified atom stereocenters. The van der Waals surface area contributed by atoms with Crippen LogP contribution in [0.5, 0.6) is 5.75 Å². The lowest BCUT2D eigenvalue weighted by Crippen LogP contribution is -1.96. The number of ether oxygens (including phenoxy) is 1. The van der Waals surface area contributed by atoms with Gasteiger partial charge in [-0.15, -0.1) is 0 Å². The van der Waals surface area contributed by atoms with Gasteiger partial charge in [0.1, 0.15) is 0 Å². The highest BCUT2D eigenvalue weighted by atomic mass is 19.1. The lowest BCUT2D eigenvalue weighted by Gasteiger charge is -2.07. The molecule has 2 aromatic rings. The molecule has 0 radical (unpaired) electrons. The summed E-state index contributed by atoms with van der Waals surface area (Å²) in [6.45, 7) is 2.27. The van der Waals surface area contributed by atoms with Gasteiger partial charge in [0.2, 0.25) is 0 Å². The summed E-state index contributed by atoms with van der Waals surface area (Å²) in [5.41, 5.74) is 1.12. The van der Waals surface area contributed by atoms with Gasteiger partial charge in [-0.05, 0) is 19.1 Å². The van der Waals surface area contributed by atoms with Crippen LogP contribution in [0.15, 0.2) is 30.7 Å². The van der Waals surface area contributed by atoms with Crippen molar-refractivity contribution in [2.24, 2.45) is 0 Å². The van der Waals surface area contributed by atoms with Crippen LogP contribution in [0.3, 0.4) is 0 Å². The molecule has 3 nitrogen and oxygen atoms in total. The van der Waals surface area contributed by atoms with E-state index in [9.17, 15) is 4.39 Å². The van der Waals surface area contributed by atoms with Crippen LogP contribution in [-0.4, -0.2) is 16.6 Å². The number of hydrogen-bond donors (Lipinski definition) is 1. The van der Waals surface area contributed by atoms with Gasteiger partial charge in [-0.1, -0.05) is 6.07 Å².